The average molecular weight is 636 g/mol. The van der Waals surface area contributed by atoms with E-state index in [1.165, 1.54) is 0 Å². The van der Waals surface area contributed by atoms with E-state index in [1.54, 1.807) is 24.3 Å². The molecule has 3 aromatic carbocycles. The quantitative estimate of drug-likeness (QED) is 0.180. The molecule has 1 aromatic heterocycles. The van der Waals surface area contributed by atoms with Crippen molar-refractivity contribution in [2.24, 2.45) is 0 Å². The minimum atomic E-state index is -0.303. The number of nitrogens with zero attached hydrogens (tertiary/aromatic N) is 1. The van der Waals surface area contributed by atoms with E-state index in [9.17, 15) is 4.79 Å². The lowest BCUT2D eigenvalue weighted by molar-refractivity contribution is 0.0977. The van der Waals surface area contributed by atoms with Crippen molar-refractivity contribution < 1.29 is 13.9 Å². The first-order valence-electron chi connectivity index (χ1n) is 10.1. The maximum atomic E-state index is 12.5. The van der Waals surface area contributed by atoms with Crippen LogP contribution in [0.1, 0.15) is 23.7 Å². The molecule has 0 aliphatic rings. The molecule has 2 N–H and O–H groups in total. The Morgan fingerprint density at radius 3 is 2.70 bits per heavy atom. The molecule has 0 spiro atoms. The number of oxazole rings is 1. The molecule has 1 amide bonds. The van der Waals surface area contributed by atoms with E-state index in [0.29, 0.717) is 34.8 Å². The number of ether oxygens (including phenoxy) is 1. The van der Waals surface area contributed by atoms with Gasteiger partial charge in [-0.15, -0.1) is 0 Å². The van der Waals surface area contributed by atoms with E-state index in [4.69, 9.17) is 21.4 Å². The first-order valence-corrected chi connectivity index (χ1v) is 12.4. The molecule has 1 heterocycles. The summed E-state index contributed by atoms with van der Waals surface area (Å²) in [7, 11) is 0. The number of halogens is 2. The molecule has 0 atom stereocenters. The monoisotopic (exact) mass is 635 g/mol. The standard InChI is InChI=1S/C24H19BrIN3O3S/c1-2-11-31-17-7-3-14(4-8-17)22(30)29-24(33)27-16-6-10-21-20(13-16)28-23(32-21)18-12-15(26)5-9-19(18)25/h3-10,12-13H,2,11H2,1H3,(H2,27,29,30,33). The second-order valence-corrected chi connectivity index (χ2v) is 9.61. The molecule has 0 unspecified atom stereocenters. The van der Waals surface area contributed by atoms with Crippen LogP contribution in [0.15, 0.2) is 69.6 Å². The van der Waals surface area contributed by atoms with Crippen LogP contribution in [-0.2, 0) is 0 Å². The van der Waals surface area contributed by atoms with Crippen LogP contribution in [0.3, 0.4) is 0 Å². The van der Waals surface area contributed by atoms with Gasteiger partial charge in [-0.25, -0.2) is 4.98 Å². The van der Waals surface area contributed by atoms with Crippen molar-refractivity contribution in [2.45, 2.75) is 13.3 Å². The van der Waals surface area contributed by atoms with Crippen molar-refractivity contribution >= 4 is 78.5 Å². The molecular formula is C24H19BrIN3O3S. The van der Waals surface area contributed by atoms with Gasteiger partial charge in [0.25, 0.3) is 5.91 Å². The second-order valence-electron chi connectivity index (χ2n) is 7.11. The minimum absolute atomic E-state index is 0.190. The highest BCUT2D eigenvalue weighted by atomic mass is 127. The van der Waals surface area contributed by atoms with Gasteiger partial charge >= 0.3 is 0 Å². The van der Waals surface area contributed by atoms with Crippen LogP contribution in [-0.4, -0.2) is 22.6 Å². The van der Waals surface area contributed by atoms with Gasteiger partial charge in [0.2, 0.25) is 5.89 Å². The summed E-state index contributed by atoms with van der Waals surface area (Å²) in [6.07, 6.45) is 0.923. The van der Waals surface area contributed by atoms with Crippen LogP contribution in [0.25, 0.3) is 22.6 Å². The lowest BCUT2D eigenvalue weighted by Crippen LogP contribution is -2.34. The predicted molar refractivity (Wildman–Crippen MR) is 146 cm³/mol. The Bertz CT molecular complexity index is 1320. The van der Waals surface area contributed by atoms with Gasteiger partial charge in [0, 0.05) is 19.3 Å². The highest BCUT2D eigenvalue weighted by Gasteiger charge is 2.13. The summed E-state index contributed by atoms with van der Waals surface area (Å²) in [5.74, 6) is 0.948. The van der Waals surface area contributed by atoms with Crippen molar-refractivity contribution in [1.82, 2.24) is 10.3 Å². The van der Waals surface area contributed by atoms with Crippen LogP contribution < -0.4 is 15.4 Å². The third-order valence-electron chi connectivity index (χ3n) is 4.62. The van der Waals surface area contributed by atoms with Gasteiger partial charge in [0.1, 0.15) is 11.3 Å². The normalized spacial score (nSPS) is 10.8. The fraction of sp³-hybridized carbons (Fsp3) is 0.125. The van der Waals surface area contributed by atoms with Crippen LogP contribution in [0.2, 0.25) is 0 Å². The summed E-state index contributed by atoms with van der Waals surface area (Å²) in [5.41, 5.74) is 3.39. The Hall–Kier alpha value is -2.50. The second kappa shape index (κ2) is 10.6. The fourth-order valence-electron chi connectivity index (χ4n) is 3.04. The maximum Gasteiger partial charge on any atom is 0.257 e. The molecule has 0 fully saturated rings. The lowest BCUT2D eigenvalue weighted by atomic mass is 10.2. The number of benzene rings is 3. The van der Waals surface area contributed by atoms with Crippen LogP contribution in [0.4, 0.5) is 5.69 Å². The number of hydrogen-bond donors (Lipinski definition) is 2. The Morgan fingerprint density at radius 2 is 1.94 bits per heavy atom. The number of fused-ring (bicyclic) bond motifs is 1. The Morgan fingerprint density at radius 1 is 1.15 bits per heavy atom. The molecule has 0 aliphatic heterocycles. The molecule has 0 bridgehead atoms. The number of nitrogens with one attached hydrogen (secondary N) is 2. The summed E-state index contributed by atoms with van der Waals surface area (Å²) in [5, 5.41) is 5.91. The van der Waals surface area contributed by atoms with E-state index < -0.39 is 0 Å². The van der Waals surface area contributed by atoms with Crippen LogP contribution in [0.5, 0.6) is 5.75 Å². The highest BCUT2D eigenvalue weighted by Crippen LogP contribution is 2.32. The molecule has 0 saturated carbocycles. The average Bonchev–Trinajstić information content (AvgIpc) is 3.22. The first-order chi connectivity index (χ1) is 15.9. The van der Waals surface area contributed by atoms with Crippen LogP contribution >= 0.6 is 50.7 Å². The molecule has 168 valence electrons. The number of hydrogen-bond acceptors (Lipinski definition) is 5. The number of carbonyl (C=O) groups is 1. The zero-order valence-corrected chi connectivity index (χ0v) is 22.1. The van der Waals surface area contributed by atoms with Gasteiger partial charge in [-0.2, -0.15) is 0 Å². The Balaban J connectivity index is 1.43. The van der Waals surface area contributed by atoms with E-state index in [2.05, 4.69) is 54.1 Å². The predicted octanol–water partition coefficient (Wildman–Crippen LogP) is 6.78. The zero-order chi connectivity index (χ0) is 23.4. The maximum absolute atomic E-state index is 12.5. The van der Waals surface area contributed by atoms with Gasteiger partial charge in [-0.05, 0) is 118 Å². The molecule has 0 aliphatic carbocycles. The van der Waals surface area contributed by atoms with Crippen molar-refractivity contribution in [3.63, 3.8) is 0 Å². The summed E-state index contributed by atoms with van der Waals surface area (Å²) in [4.78, 5) is 17.1. The van der Waals surface area contributed by atoms with Crippen molar-refractivity contribution in [2.75, 3.05) is 11.9 Å². The van der Waals surface area contributed by atoms with Gasteiger partial charge < -0.3 is 14.5 Å². The Labute approximate surface area is 218 Å². The summed E-state index contributed by atoms with van der Waals surface area (Å²) < 4.78 is 13.4. The van der Waals surface area contributed by atoms with Gasteiger partial charge in [0.15, 0.2) is 10.7 Å². The molecule has 0 radical (unpaired) electrons. The summed E-state index contributed by atoms with van der Waals surface area (Å²) in [6.45, 7) is 2.68. The van der Waals surface area contributed by atoms with Crippen LogP contribution in [0, 0.1) is 3.57 Å². The number of carbonyl (C=O) groups excluding carboxylic acids is 1. The summed E-state index contributed by atoms with van der Waals surface area (Å²) in [6, 6.07) is 18.4. The molecule has 0 saturated heterocycles. The number of thiocarbonyl (C=S) groups is 1. The molecule has 4 aromatic rings. The van der Waals surface area contributed by atoms with Gasteiger partial charge in [-0.1, -0.05) is 6.92 Å². The number of aromatic nitrogens is 1. The molecule has 4 rings (SSSR count). The molecule has 9 heteroatoms. The number of rotatable bonds is 6. The minimum Gasteiger partial charge on any atom is -0.494 e. The number of amides is 1. The molecular weight excluding hydrogens is 617 g/mol. The van der Waals surface area contributed by atoms with E-state index >= 15 is 0 Å². The molecule has 6 nitrogen and oxygen atoms in total. The van der Waals surface area contributed by atoms with Crippen molar-refractivity contribution in [3.8, 4) is 17.2 Å². The Kier molecular flexibility index (Phi) is 7.61. The zero-order valence-electron chi connectivity index (χ0n) is 17.5. The van der Waals surface area contributed by atoms with E-state index in [-0.39, 0.29) is 11.0 Å². The fourth-order valence-corrected chi connectivity index (χ4v) is 4.16. The van der Waals surface area contributed by atoms with E-state index in [1.807, 2.05) is 43.3 Å². The first kappa shape index (κ1) is 23.7. The third kappa shape index (κ3) is 5.90. The SMILES string of the molecule is CCCOc1ccc(C(=O)NC(=S)Nc2ccc3oc(-c4cc(I)ccc4Br)nc3c2)cc1. The van der Waals surface area contributed by atoms with Gasteiger partial charge in [0.05, 0.1) is 12.2 Å². The summed E-state index contributed by atoms with van der Waals surface area (Å²) >= 11 is 11.1. The number of anilines is 1. The van der Waals surface area contributed by atoms with Crippen molar-refractivity contribution in [1.29, 1.82) is 0 Å². The highest BCUT2D eigenvalue weighted by molar-refractivity contribution is 14.1. The largest absolute Gasteiger partial charge is 0.494 e. The van der Waals surface area contributed by atoms with Crippen molar-refractivity contribution in [3.05, 3.63) is 74.3 Å². The topological polar surface area (TPSA) is 76.4 Å². The van der Waals surface area contributed by atoms with E-state index in [0.717, 1.165) is 25.8 Å². The van der Waals surface area contributed by atoms with Gasteiger partial charge in [-0.3, -0.25) is 10.1 Å². The molecule has 33 heavy (non-hydrogen) atoms. The third-order valence-corrected chi connectivity index (χ3v) is 6.19. The smallest absolute Gasteiger partial charge is 0.257 e. The lowest BCUT2D eigenvalue weighted by Gasteiger charge is -2.10.